The van der Waals surface area contributed by atoms with Gasteiger partial charge in [-0.15, -0.1) is 23.5 Å². The van der Waals surface area contributed by atoms with Gasteiger partial charge in [0.1, 0.15) is 0 Å². The lowest BCUT2D eigenvalue weighted by Gasteiger charge is -2.16. The van der Waals surface area contributed by atoms with E-state index in [0.717, 1.165) is 24.3 Å². The summed E-state index contributed by atoms with van der Waals surface area (Å²) in [5.41, 5.74) is -1.31. The van der Waals surface area contributed by atoms with Crippen molar-refractivity contribution in [3.8, 4) is 0 Å². The zero-order valence-corrected chi connectivity index (χ0v) is 11.7. The lowest BCUT2D eigenvalue weighted by molar-refractivity contribution is -0.146. The molecule has 0 unspecified atom stereocenters. The third-order valence-electron chi connectivity index (χ3n) is 4.57. The second-order valence-corrected chi connectivity index (χ2v) is 8.30. The summed E-state index contributed by atoms with van der Waals surface area (Å²) in [5, 5.41) is 12.3. The minimum atomic E-state index is -0.778. The Hall–Kier alpha value is -0.360. The summed E-state index contributed by atoms with van der Waals surface area (Å²) in [4.78, 5) is 23.6. The summed E-state index contributed by atoms with van der Waals surface area (Å²) in [6, 6.07) is 0. The molecule has 0 aromatic carbocycles. The van der Waals surface area contributed by atoms with Crippen molar-refractivity contribution in [3.05, 3.63) is 0 Å². The van der Waals surface area contributed by atoms with Crippen LogP contribution in [-0.2, 0) is 9.59 Å². The van der Waals surface area contributed by atoms with E-state index in [1.807, 2.05) is 23.5 Å². The monoisotopic (exact) mass is 287 g/mol. The van der Waals surface area contributed by atoms with E-state index in [9.17, 15) is 14.7 Å². The van der Waals surface area contributed by atoms with E-state index in [1.165, 1.54) is 0 Å². The fourth-order valence-corrected chi connectivity index (χ4v) is 6.15. The number of nitrogens with one attached hydrogen (secondary N) is 1. The molecule has 4 nitrogen and oxygen atoms in total. The summed E-state index contributed by atoms with van der Waals surface area (Å²) in [6.07, 6.45) is 2.83. The van der Waals surface area contributed by atoms with Gasteiger partial charge in [-0.3, -0.25) is 9.59 Å². The average molecular weight is 287 g/mol. The SMILES string of the molecule is O=C(O)[C@]12CCC[C@@]1(C(=O)NCC1SCCS1)C2. The van der Waals surface area contributed by atoms with E-state index < -0.39 is 16.8 Å². The Labute approximate surface area is 115 Å². The van der Waals surface area contributed by atoms with E-state index in [4.69, 9.17) is 0 Å². The van der Waals surface area contributed by atoms with Crippen LogP contribution in [0.5, 0.6) is 0 Å². The lowest BCUT2D eigenvalue weighted by atomic mass is 9.95. The van der Waals surface area contributed by atoms with Gasteiger partial charge in [0, 0.05) is 18.1 Å². The van der Waals surface area contributed by atoms with Gasteiger partial charge in [0.15, 0.2) is 0 Å². The molecule has 1 aliphatic heterocycles. The first kappa shape index (κ1) is 12.7. The van der Waals surface area contributed by atoms with Gasteiger partial charge >= 0.3 is 5.97 Å². The van der Waals surface area contributed by atoms with Crippen LogP contribution >= 0.6 is 23.5 Å². The molecule has 6 heteroatoms. The van der Waals surface area contributed by atoms with Crippen LogP contribution in [0.1, 0.15) is 25.7 Å². The molecule has 1 amide bonds. The van der Waals surface area contributed by atoms with Gasteiger partial charge in [-0.05, 0) is 19.3 Å². The molecule has 2 N–H and O–H groups in total. The Kier molecular flexibility index (Phi) is 3.05. The third-order valence-corrected chi connectivity index (χ3v) is 7.60. The molecule has 18 heavy (non-hydrogen) atoms. The van der Waals surface area contributed by atoms with Crippen molar-refractivity contribution in [2.45, 2.75) is 30.3 Å². The van der Waals surface area contributed by atoms with E-state index in [0.29, 0.717) is 24.0 Å². The number of hydrogen-bond donors (Lipinski definition) is 2. The van der Waals surface area contributed by atoms with Crippen LogP contribution in [0.4, 0.5) is 0 Å². The minimum Gasteiger partial charge on any atom is -0.481 e. The molecule has 0 spiro atoms. The molecule has 0 aromatic heterocycles. The molecule has 2 aliphatic carbocycles. The summed E-state index contributed by atoms with van der Waals surface area (Å²) in [7, 11) is 0. The standard InChI is InChI=1S/C12H17NO3S2/c14-9(13-6-8-17-4-5-18-8)11-2-1-3-12(11,7-11)10(15)16/h8H,1-7H2,(H,13,14)(H,15,16)/t11-,12+/m0/s1. The van der Waals surface area contributed by atoms with Gasteiger partial charge in [0.25, 0.3) is 0 Å². The molecule has 3 fully saturated rings. The van der Waals surface area contributed by atoms with Crippen LogP contribution in [0.2, 0.25) is 0 Å². The Bertz CT molecular complexity index is 397. The van der Waals surface area contributed by atoms with Crippen LogP contribution < -0.4 is 5.32 Å². The second kappa shape index (κ2) is 4.34. The summed E-state index contributed by atoms with van der Waals surface area (Å²) in [5.74, 6) is 1.50. The lowest BCUT2D eigenvalue weighted by Crippen LogP contribution is -2.38. The minimum absolute atomic E-state index is 0.0181. The first-order valence-corrected chi connectivity index (χ1v) is 8.45. The number of carboxylic acid groups (broad SMARTS) is 1. The van der Waals surface area contributed by atoms with Crippen molar-refractivity contribution in [1.29, 1.82) is 0 Å². The van der Waals surface area contributed by atoms with Crippen molar-refractivity contribution in [2.24, 2.45) is 10.8 Å². The first-order valence-electron chi connectivity index (χ1n) is 6.36. The van der Waals surface area contributed by atoms with Gasteiger partial charge in [0.05, 0.1) is 15.4 Å². The smallest absolute Gasteiger partial charge is 0.310 e. The van der Waals surface area contributed by atoms with Crippen molar-refractivity contribution in [1.82, 2.24) is 5.32 Å². The molecular formula is C12H17NO3S2. The maximum absolute atomic E-state index is 12.3. The highest BCUT2D eigenvalue weighted by Crippen LogP contribution is 2.73. The Morgan fingerprint density at radius 2 is 1.89 bits per heavy atom. The van der Waals surface area contributed by atoms with Crippen molar-refractivity contribution < 1.29 is 14.7 Å². The maximum atomic E-state index is 12.3. The zero-order chi connectivity index (χ0) is 12.8. The molecule has 100 valence electrons. The van der Waals surface area contributed by atoms with E-state index in [-0.39, 0.29) is 5.91 Å². The molecule has 3 aliphatic rings. The van der Waals surface area contributed by atoms with E-state index in [1.54, 1.807) is 0 Å². The maximum Gasteiger partial charge on any atom is 0.310 e. The van der Waals surface area contributed by atoms with Crippen molar-refractivity contribution in [2.75, 3.05) is 18.1 Å². The molecule has 0 bridgehead atoms. The Morgan fingerprint density at radius 3 is 2.50 bits per heavy atom. The summed E-state index contributed by atoms with van der Waals surface area (Å²) in [6.45, 7) is 0.672. The van der Waals surface area contributed by atoms with Gasteiger partial charge in [0.2, 0.25) is 5.91 Å². The number of hydrogen-bond acceptors (Lipinski definition) is 4. The normalized spacial score (nSPS) is 38.4. The highest BCUT2D eigenvalue weighted by molar-refractivity contribution is 8.20. The predicted molar refractivity (Wildman–Crippen MR) is 72.7 cm³/mol. The number of carbonyl (C=O) groups is 2. The molecule has 3 rings (SSSR count). The summed E-state index contributed by atoms with van der Waals surface area (Å²) < 4.78 is 0.449. The summed E-state index contributed by atoms with van der Waals surface area (Å²) >= 11 is 3.75. The number of carboxylic acids is 1. The number of thioether (sulfide) groups is 2. The van der Waals surface area contributed by atoms with Crippen molar-refractivity contribution >= 4 is 35.4 Å². The topological polar surface area (TPSA) is 66.4 Å². The number of fused-ring (bicyclic) bond motifs is 1. The number of carbonyl (C=O) groups excluding carboxylic acids is 1. The molecule has 2 saturated carbocycles. The average Bonchev–Trinajstić information content (AvgIpc) is 2.73. The van der Waals surface area contributed by atoms with Crippen LogP contribution in [0.25, 0.3) is 0 Å². The molecular weight excluding hydrogens is 270 g/mol. The highest BCUT2D eigenvalue weighted by Gasteiger charge is 2.78. The van der Waals surface area contributed by atoms with E-state index >= 15 is 0 Å². The quantitative estimate of drug-likeness (QED) is 0.821. The highest BCUT2D eigenvalue weighted by atomic mass is 32.2. The van der Waals surface area contributed by atoms with Gasteiger partial charge in [-0.2, -0.15) is 0 Å². The molecule has 0 radical (unpaired) electrons. The first-order chi connectivity index (χ1) is 8.61. The molecule has 1 heterocycles. The molecule has 2 atom stereocenters. The van der Waals surface area contributed by atoms with Gasteiger partial charge in [-0.25, -0.2) is 0 Å². The largest absolute Gasteiger partial charge is 0.481 e. The Balaban J connectivity index is 1.61. The van der Waals surface area contributed by atoms with Crippen LogP contribution in [0, 0.1) is 10.8 Å². The number of rotatable bonds is 4. The van der Waals surface area contributed by atoms with E-state index in [2.05, 4.69) is 5.32 Å². The predicted octanol–water partition coefficient (Wildman–Crippen LogP) is 1.55. The molecule has 1 saturated heterocycles. The molecule has 0 aromatic rings. The zero-order valence-electron chi connectivity index (χ0n) is 10.1. The van der Waals surface area contributed by atoms with Crippen LogP contribution in [-0.4, -0.2) is 39.6 Å². The number of aliphatic carboxylic acids is 1. The fourth-order valence-electron chi connectivity index (χ4n) is 3.49. The Morgan fingerprint density at radius 1 is 1.22 bits per heavy atom. The second-order valence-electron chi connectivity index (χ2n) is 5.38. The van der Waals surface area contributed by atoms with Crippen LogP contribution in [0.3, 0.4) is 0 Å². The van der Waals surface area contributed by atoms with Crippen molar-refractivity contribution in [3.63, 3.8) is 0 Å². The fraction of sp³-hybridized carbons (Fsp3) is 0.833. The van der Waals surface area contributed by atoms with Crippen LogP contribution in [0.15, 0.2) is 0 Å². The van der Waals surface area contributed by atoms with Gasteiger partial charge in [-0.1, -0.05) is 6.42 Å². The number of amides is 1. The third kappa shape index (κ3) is 1.68. The van der Waals surface area contributed by atoms with Gasteiger partial charge < -0.3 is 10.4 Å².